The molecule has 1 heterocycles. The van der Waals surface area contributed by atoms with Crippen molar-refractivity contribution in [2.75, 3.05) is 33.3 Å². The lowest BCUT2D eigenvalue weighted by Gasteiger charge is -2.26. The molecule has 2 aliphatic rings. The first kappa shape index (κ1) is 25.7. The Morgan fingerprint density at radius 2 is 1.81 bits per heavy atom. The number of halogens is 1. The topological polar surface area (TPSA) is 78.0 Å². The predicted molar refractivity (Wildman–Crippen MR) is 136 cm³/mol. The molecule has 3 N–H and O–H groups in total. The summed E-state index contributed by atoms with van der Waals surface area (Å²) in [5, 5.41) is 9.66. The van der Waals surface area contributed by atoms with Gasteiger partial charge in [0.15, 0.2) is 5.96 Å². The number of amides is 1. The van der Waals surface area contributed by atoms with E-state index >= 15 is 0 Å². The zero-order valence-corrected chi connectivity index (χ0v) is 21.2. The Morgan fingerprint density at radius 3 is 2.42 bits per heavy atom. The van der Waals surface area contributed by atoms with Crippen LogP contribution < -0.4 is 16.0 Å². The van der Waals surface area contributed by atoms with E-state index in [9.17, 15) is 4.79 Å². The molecule has 1 saturated carbocycles. The van der Waals surface area contributed by atoms with Gasteiger partial charge in [0.05, 0.1) is 12.6 Å². The second-order valence-electron chi connectivity index (χ2n) is 8.27. The summed E-state index contributed by atoms with van der Waals surface area (Å²) in [5.74, 6) is 1.26. The zero-order chi connectivity index (χ0) is 21.2. The van der Waals surface area contributed by atoms with Crippen molar-refractivity contribution in [2.45, 2.75) is 58.2 Å². The van der Waals surface area contributed by atoms with Gasteiger partial charge in [0.2, 0.25) is 0 Å². The van der Waals surface area contributed by atoms with Gasteiger partial charge in [0.25, 0.3) is 0 Å². The molecular formula is C23H38IN5O2. The lowest BCUT2D eigenvalue weighted by Crippen LogP contribution is -2.48. The van der Waals surface area contributed by atoms with Gasteiger partial charge in [-0.3, -0.25) is 9.89 Å². The number of rotatable bonds is 9. The number of guanidine groups is 1. The molecule has 1 saturated heterocycles. The molecule has 1 atom stereocenters. The van der Waals surface area contributed by atoms with E-state index in [0.29, 0.717) is 25.6 Å². The number of carbonyl (C=O) groups excluding carboxylic acids is 1. The number of hydrogen-bond donors (Lipinski definition) is 3. The van der Waals surface area contributed by atoms with Crippen LogP contribution in [0, 0.1) is 5.92 Å². The fourth-order valence-electron chi connectivity index (χ4n) is 3.91. The van der Waals surface area contributed by atoms with E-state index in [1.165, 1.54) is 43.5 Å². The Balaban J connectivity index is 0.00000341. The number of aliphatic imine (C=N–C) groups is 1. The number of ether oxygens (including phenoxy) is 1. The summed E-state index contributed by atoms with van der Waals surface area (Å²) in [5.41, 5.74) is 2.60. The second kappa shape index (κ2) is 13.8. The molecule has 3 rings (SSSR count). The molecule has 7 nitrogen and oxygen atoms in total. The van der Waals surface area contributed by atoms with Crippen LogP contribution in [0.5, 0.6) is 0 Å². The minimum absolute atomic E-state index is 0. The molecule has 2 fully saturated rings. The van der Waals surface area contributed by atoms with Gasteiger partial charge in [0, 0.05) is 26.7 Å². The van der Waals surface area contributed by atoms with Crippen molar-refractivity contribution in [1.82, 2.24) is 20.9 Å². The van der Waals surface area contributed by atoms with E-state index in [1.54, 1.807) is 7.05 Å². The Bertz CT molecular complexity index is 688. The van der Waals surface area contributed by atoms with Crippen LogP contribution in [0.25, 0.3) is 0 Å². The van der Waals surface area contributed by atoms with Crippen LogP contribution in [0.1, 0.15) is 50.2 Å². The lowest BCUT2D eigenvalue weighted by molar-refractivity contribution is 0.146. The highest BCUT2D eigenvalue weighted by Crippen LogP contribution is 2.32. The molecule has 1 aromatic rings. The fraction of sp³-hybridized carbons (Fsp3) is 0.652. The molecule has 0 radical (unpaired) electrons. The number of nitrogens with zero attached hydrogens (tertiary/aromatic N) is 2. The second-order valence-corrected chi connectivity index (χ2v) is 8.27. The summed E-state index contributed by atoms with van der Waals surface area (Å²) in [4.78, 5) is 18.6. The first-order chi connectivity index (χ1) is 14.7. The van der Waals surface area contributed by atoms with Gasteiger partial charge >= 0.3 is 6.09 Å². The van der Waals surface area contributed by atoms with Crippen molar-refractivity contribution >= 4 is 36.0 Å². The number of alkyl carbamates (subject to hydrolysis) is 1. The highest BCUT2D eigenvalue weighted by molar-refractivity contribution is 14.0. The highest BCUT2D eigenvalue weighted by Gasteiger charge is 2.32. The molecule has 1 aliphatic heterocycles. The fourth-order valence-corrected chi connectivity index (χ4v) is 3.91. The van der Waals surface area contributed by atoms with Gasteiger partial charge in [-0.25, -0.2) is 4.79 Å². The number of likely N-dealkylation sites (tertiary alicyclic amines) is 1. The largest absolute Gasteiger partial charge is 0.450 e. The Morgan fingerprint density at radius 1 is 1.13 bits per heavy atom. The summed E-state index contributed by atoms with van der Waals surface area (Å²) in [7, 11) is 1.77. The monoisotopic (exact) mass is 543 g/mol. The van der Waals surface area contributed by atoms with Crippen LogP contribution in [0.4, 0.5) is 4.79 Å². The van der Waals surface area contributed by atoms with Gasteiger partial charge in [-0.1, -0.05) is 30.7 Å². The smallest absolute Gasteiger partial charge is 0.407 e. The van der Waals surface area contributed by atoms with Crippen LogP contribution in [-0.2, 0) is 17.8 Å². The third-order valence-electron chi connectivity index (χ3n) is 5.82. The number of hydrogen-bond acceptors (Lipinski definition) is 4. The maximum Gasteiger partial charge on any atom is 0.407 e. The van der Waals surface area contributed by atoms with Crippen LogP contribution in [0.3, 0.4) is 0 Å². The molecule has 1 aromatic carbocycles. The lowest BCUT2D eigenvalue weighted by atomic mass is 10.1. The number of benzene rings is 1. The minimum atomic E-state index is -0.344. The summed E-state index contributed by atoms with van der Waals surface area (Å²) in [6.45, 7) is 7.04. The molecule has 174 valence electrons. The third kappa shape index (κ3) is 9.22. The van der Waals surface area contributed by atoms with Crippen molar-refractivity contribution in [2.24, 2.45) is 10.9 Å². The molecular weight excluding hydrogens is 505 g/mol. The third-order valence-corrected chi connectivity index (χ3v) is 5.82. The van der Waals surface area contributed by atoms with Crippen LogP contribution in [0.15, 0.2) is 29.3 Å². The summed E-state index contributed by atoms with van der Waals surface area (Å²) in [6.07, 6.45) is 5.97. The quantitative estimate of drug-likeness (QED) is 0.253. The van der Waals surface area contributed by atoms with E-state index in [1.807, 2.05) is 6.92 Å². The summed E-state index contributed by atoms with van der Waals surface area (Å²) < 4.78 is 5.02. The van der Waals surface area contributed by atoms with Gasteiger partial charge in [0.1, 0.15) is 0 Å². The van der Waals surface area contributed by atoms with Gasteiger partial charge in [-0.2, -0.15) is 0 Å². The maximum absolute atomic E-state index is 11.8. The molecule has 1 amide bonds. The molecule has 8 heteroatoms. The Kier molecular flexibility index (Phi) is 11.4. The molecule has 1 aliphatic carbocycles. The summed E-state index contributed by atoms with van der Waals surface area (Å²) >= 11 is 0. The zero-order valence-electron chi connectivity index (χ0n) is 18.9. The van der Waals surface area contributed by atoms with Crippen molar-refractivity contribution in [1.29, 1.82) is 0 Å². The number of piperidine rings is 1. The summed E-state index contributed by atoms with van der Waals surface area (Å²) in [6, 6.07) is 8.91. The van der Waals surface area contributed by atoms with Crippen molar-refractivity contribution in [3.8, 4) is 0 Å². The van der Waals surface area contributed by atoms with Crippen LogP contribution >= 0.6 is 24.0 Å². The van der Waals surface area contributed by atoms with Crippen molar-refractivity contribution in [3.05, 3.63) is 35.4 Å². The molecule has 31 heavy (non-hydrogen) atoms. The van der Waals surface area contributed by atoms with E-state index < -0.39 is 0 Å². The average Bonchev–Trinajstić information content (AvgIpc) is 3.60. The molecule has 0 spiro atoms. The Hall–Kier alpha value is -1.55. The van der Waals surface area contributed by atoms with Crippen molar-refractivity contribution in [3.63, 3.8) is 0 Å². The van der Waals surface area contributed by atoms with E-state index in [0.717, 1.165) is 25.3 Å². The predicted octanol–water partition coefficient (Wildman–Crippen LogP) is 3.48. The van der Waals surface area contributed by atoms with Gasteiger partial charge in [-0.15, -0.1) is 24.0 Å². The SMILES string of the molecule is CCOC(=O)NC(CNC(=NC)NCc1ccc(CN2CCCCC2)cc1)C1CC1.I. The molecule has 0 bridgehead atoms. The first-order valence-electron chi connectivity index (χ1n) is 11.4. The van der Waals surface area contributed by atoms with E-state index in [-0.39, 0.29) is 36.1 Å². The standard InChI is InChI=1S/C23H37N5O2.HI/c1-3-30-23(29)27-21(20-11-12-20)16-26-22(24-2)25-15-18-7-9-19(10-8-18)17-28-13-5-4-6-14-28;/h7-10,20-21H,3-6,11-17H2,1-2H3,(H,27,29)(H2,24,25,26);1H. The van der Waals surface area contributed by atoms with E-state index in [2.05, 4.69) is 50.1 Å². The number of carbonyl (C=O) groups is 1. The number of nitrogens with one attached hydrogen (secondary N) is 3. The molecule has 0 aromatic heterocycles. The molecule has 1 unspecified atom stereocenters. The Labute approximate surface area is 203 Å². The maximum atomic E-state index is 11.8. The van der Waals surface area contributed by atoms with Crippen LogP contribution in [0.2, 0.25) is 0 Å². The van der Waals surface area contributed by atoms with E-state index in [4.69, 9.17) is 4.74 Å². The van der Waals surface area contributed by atoms with Gasteiger partial charge in [-0.05, 0) is 62.7 Å². The first-order valence-corrected chi connectivity index (χ1v) is 11.4. The normalized spacial score (nSPS) is 17.9. The average molecular weight is 543 g/mol. The van der Waals surface area contributed by atoms with Crippen molar-refractivity contribution < 1.29 is 9.53 Å². The van der Waals surface area contributed by atoms with Crippen LogP contribution in [-0.4, -0.2) is 56.3 Å². The minimum Gasteiger partial charge on any atom is -0.450 e. The van der Waals surface area contributed by atoms with Gasteiger partial charge < -0.3 is 20.7 Å². The highest BCUT2D eigenvalue weighted by atomic mass is 127.